The molecule has 0 aromatic heterocycles. The Morgan fingerprint density at radius 3 is 2.35 bits per heavy atom. The predicted molar refractivity (Wildman–Crippen MR) is 85.3 cm³/mol. The first-order valence-corrected chi connectivity index (χ1v) is 6.76. The van der Waals surface area contributed by atoms with Crippen molar-refractivity contribution in [1.29, 1.82) is 0 Å². The highest BCUT2D eigenvalue weighted by molar-refractivity contribution is 5.85. The van der Waals surface area contributed by atoms with Crippen LogP contribution in [0.3, 0.4) is 0 Å². The second kappa shape index (κ2) is 9.52. The highest BCUT2D eigenvalue weighted by Gasteiger charge is 2.37. The first-order valence-electron chi connectivity index (χ1n) is 6.76. The van der Waals surface area contributed by atoms with Gasteiger partial charge in [-0.2, -0.15) is 13.2 Å². The summed E-state index contributed by atoms with van der Waals surface area (Å²) < 4.78 is 57.8. The van der Waals surface area contributed by atoms with Gasteiger partial charge in [0.25, 0.3) is 0 Å². The smallest absolute Gasteiger partial charge is 0.390 e. The van der Waals surface area contributed by atoms with Gasteiger partial charge in [0.15, 0.2) is 11.6 Å². The van der Waals surface area contributed by atoms with Gasteiger partial charge in [0.2, 0.25) is 0 Å². The Bertz CT molecular complexity index is 482. The molecule has 1 saturated heterocycles. The molecule has 1 heterocycles. The molecule has 0 saturated carbocycles. The molecule has 1 aromatic rings. The van der Waals surface area contributed by atoms with Crippen molar-refractivity contribution in [3.63, 3.8) is 0 Å². The zero-order chi connectivity index (χ0) is 15.5. The molecule has 23 heavy (non-hydrogen) atoms. The van der Waals surface area contributed by atoms with E-state index in [-0.39, 0.29) is 36.1 Å². The highest BCUT2D eigenvalue weighted by atomic mass is 35.5. The van der Waals surface area contributed by atoms with Crippen LogP contribution in [0.25, 0.3) is 0 Å². The Morgan fingerprint density at radius 1 is 1.22 bits per heavy atom. The van der Waals surface area contributed by atoms with Crippen molar-refractivity contribution >= 4 is 24.8 Å². The van der Waals surface area contributed by atoms with Crippen LogP contribution < -0.4 is 10.1 Å². The topological polar surface area (TPSA) is 24.5 Å². The normalized spacial score (nSPS) is 16.9. The maximum atomic E-state index is 14.3. The number of halogens is 6. The van der Waals surface area contributed by atoms with Crippen LogP contribution in [0.4, 0.5) is 17.6 Å². The first-order chi connectivity index (χ1) is 9.92. The van der Waals surface area contributed by atoms with Crippen LogP contribution in [0.2, 0.25) is 0 Å². The molecule has 1 aliphatic heterocycles. The van der Waals surface area contributed by atoms with Gasteiger partial charge in [-0.1, -0.05) is 12.1 Å². The molecule has 9 heteroatoms. The lowest BCUT2D eigenvalue weighted by atomic mass is 9.99. The molecule has 1 aromatic carbocycles. The van der Waals surface area contributed by atoms with Gasteiger partial charge in [-0.05, 0) is 6.07 Å². The number of nitrogens with one attached hydrogen (secondary N) is 1. The van der Waals surface area contributed by atoms with E-state index in [1.807, 2.05) is 0 Å². The minimum absolute atomic E-state index is 0. The number of hydrogen-bond acceptors (Lipinski definition) is 3. The van der Waals surface area contributed by atoms with Crippen molar-refractivity contribution in [3.05, 3.63) is 29.6 Å². The number of alkyl halides is 3. The number of nitrogens with zero attached hydrogens (tertiary/aromatic N) is 1. The fraction of sp³-hybridized carbons (Fsp3) is 0.571. The van der Waals surface area contributed by atoms with Gasteiger partial charge >= 0.3 is 6.18 Å². The summed E-state index contributed by atoms with van der Waals surface area (Å²) in [5.74, 6) is -0.748. The quantitative estimate of drug-likeness (QED) is 0.810. The van der Waals surface area contributed by atoms with Crippen LogP contribution in [0.1, 0.15) is 18.0 Å². The molecule has 3 nitrogen and oxygen atoms in total. The van der Waals surface area contributed by atoms with Gasteiger partial charge in [-0.3, -0.25) is 4.90 Å². The van der Waals surface area contributed by atoms with Crippen molar-refractivity contribution in [2.45, 2.75) is 18.6 Å². The molecule has 1 atom stereocenters. The second-order valence-electron chi connectivity index (χ2n) is 4.98. The summed E-state index contributed by atoms with van der Waals surface area (Å²) in [6.45, 7) is 2.11. The Morgan fingerprint density at radius 2 is 1.83 bits per heavy atom. The van der Waals surface area contributed by atoms with E-state index in [2.05, 4.69) is 5.32 Å². The maximum absolute atomic E-state index is 14.3. The van der Waals surface area contributed by atoms with E-state index in [9.17, 15) is 17.6 Å². The molecule has 134 valence electrons. The molecule has 0 aliphatic carbocycles. The molecular weight excluding hydrogens is 359 g/mol. The summed E-state index contributed by atoms with van der Waals surface area (Å²) >= 11 is 0. The van der Waals surface area contributed by atoms with Gasteiger partial charge in [-0.15, -0.1) is 24.8 Å². The molecule has 1 aliphatic rings. The van der Waals surface area contributed by atoms with E-state index in [4.69, 9.17) is 4.74 Å². The minimum Gasteiger partial charge on any atom is -0.494 e. The number of ether oxygens (including phenoxy) is 1. The average Bonchev–Trinajstić information content (AvgIpc) is 2.45. The lowest BCUT2D eigenvalue weighted by Gasteiger charge is -2.35. The van der Waals surface area contributed by atoms with Gasteiger partial charge in [0, 0.05) is 37.8 Å². The highest BCUT2D eigenvalue weighted by Crippen LogP contribution is 2.36. The number of rotatable bonds is 4. The van der Waals surface area contributed by atoms with Crippen LogP contribution in [0, 0.1) is 5.82 Å². The van der Waals surface area contributed by atoms with E-state index in [1.54, 1.807) is 4.90 Å². The van der Waals surface area contributed by atoms with Crippen molar-refractivity contribution in [1.82, 2.24) is 10.2 Å². The summed E-state index contributed by atoms with van der Waals surface area (Å²) in [5, 5.41) is 3.08. The minimum atomic E-state index is -4.36. The average molecular weight is 379 g/mol. The summed E-state index contributed by atoms with van der Waals surface area (Å²) in [5.41, 5.74) is 0.0357. The fourth-order valence-electron chi connectivity index (χ4n) is 2.59. The lowest BCUT2D eigenvalue weighted by molar-refractivity contribution is -0.149. The third-order valence-electron chi connectivity index (χ3n) is 3.59. The van der Waals surface area contributed by atoms with Crippen LogP contribution in [-0.4, -0.2) is 44.4 Å². The molecule has 0 radical (unpaired) electrons. The molecule has 0 bridgehead atoms. The molecule has 0 amide bonds. The summed E-state index contributed by atoms with van der Waals surface area (Å²) in [4.78, 5) is 1.67. The van der Waals surface area contributed by atoms with Gasteiger partial charge in [0.05, 0.1) is 13.5 Å². The molecule has 2 rings (SSSR count). The molecule has 0 unspecified atom stereocenters. The Labute approximate surface area is 145 Å². The number of piperazine rings is 1. The zero-order valence-electron chi connectivity index (χ0n) is 12.5. The van der Waals surface area contributed by atoms with Crippen LogP contribution >= 0.6 is 24.8 Å². The SMILES string of the molecule is COc1cccc([C@@H](CC(F)(F)F)N2CCNCC2)c1F.Cl.Cl. The van der Waals surface area contributed by atoms with E-state index >= 15 is 0 Å². The zero-order valence-corrected chi connectivity index (χ0v) is 14.2. The van der Waals surface area contributed by atoms with Crippen molar-refractivity contribution in [3.8, 4) is 5.75 Å². The van der Waals surface area contributed by atoms with E-state index < -0.39 is 24.5 Å². The van der Waals surface area contributed by atoms with E-state index in [1.165, 1.54) is 25.3 Å². The van der Waals surface area contributed by atoms with Crippen molar-refractivity contribution in [2.75, 3.05) is 33.3 Å². The van der Waals surface area contributed by atoms with Gasteiger partial charge < -0.3 is 10.1 Å². The van der Waals surface area contributed by atoms with Crippen LogP contribution in [0.5, 0.6) is 5.75 Å². The number of methoxy groups -OCH3 is 1. The molecule has 1 N–H and O–H groups in total. The number of benzene rings is 1. The van der Waals surface area contributed by atoms with Gasteiger partial charge in [-0.25, -0.2) is 4.39 Å². The largest absolute Gasteiger partial charge is 0.494 e. The predicted octanol–water partition coefficient (Wildman–Crippen LogP) is 3.58. The van der Waals surface area contributed by atoms with Crippen molar-refractivity contribution < 1.29 is 22.3 Å². The Kier molecular flexibility index (Phi) is 9.20. The Hall–Kier alpha value is -0.760. The third-order valence-corrected chi connectivity index (χ3v) is 3.59. The summed E-state index contributed by atoms with van der Waals surface area (Å²) in [7, 11) is 1.30. The number of hydrogen-bond donors (Lipinski definition) is 1. The van der Waals surface area contributed by atoms with Crippen LogP contribution in [0.15, 0.2) is 18.2 Å². The Balaban J connectivity index is 0.00000242. The molecular formula is C14H20Cl2F4N2O. The molecule has 1 fully saturated rings. The summed E-state index contributed by atoms with van der Waals surface area (Å²) in [6, 6.07) is 3.29. The fourth-order valence-corrected chi connectivity index (χ4v) is 2.59. The lowest BCUT2D eigenvalue weighted by Crippen LogP contribution is -2.46. The summed E-state index contributed by atoms with van der Waals surface area (Å²) in [6.07, 6.45) is -5.43. The maximum Gasteiger partial charge on any atom is 0.390 e. The van der Waals surface area contributed by atoms with E-state index in [0.29, 0.717) is 26.2 Å². The van der Waals surface area contributed by atoms with Crippen LogP contribution in [-0.2, 0) is 0 Å². The van der Waals surface area contributed by atoms with E-state index in [0.717, 1.165) is 0 Å². The second-order valence-corrected chi connectivity index (χ2v) is 4.98. The van der Waals surface area contributed by atoms with Gasteiger partial charge in [0.1, 0.15) is 0 Å². The first kappa shape index (κ1) is 22.2. The third kappa shape index (κ3) is 5.99. The monoisotopic (exact) mass is 378 g/mol. The van der Waals surface area contributed by atoms with Crippen molar-refractivity contribution in [2.24, 2.45) is 0 Å². The molecule has 0 spiro atoms. The standard InChI is InChI=1S/C14H18F4N2O.2ClH/c1-21-12-4-2-3-10(13(12)15)11(9-14(16,17)18)20-7-5-19-6-8-20;;/h2-4,11,19H,5-9H2,1H3;2*1H/t11-;;/m1../s1.